The predicted octanol–water partition coefficient (Wildman–Crippen LogP) is 2.66. The summed E-state index contributed by atoms with van der Waals surface area (Å²) in [6.45, 7) is 1.20. The second-order valence-electron chi connectivity index (χ2n) is 6.21. The average Bonchev–Trinajstić information content (AvgIpc) is 3.00. The summed E-state index contributed by atoms with van der Waals surface area (Å²) in [4.78, 5) is 25.4. The molecule has 1 saturated heterocycles. The van der Waals surface area contributed by atoms with Gasteiger partial charge in [-0.2, -0.15) is 0 Å². The van der Waals surface area contributed by atoms with Crippen LogP contribution in [0, 0.1) is 11.7 Å². The van der Waals surface area contributed by atoms with Crippen molar-refractivity contribution in [1.82, 2.24) is 4.90 Å². The molecule has 0 spiro atoms. The van der Waals surface area contributed by atoms with Gasteiger partial charge in [-0.05, 0) is 30.5 Å². The molecule has 0 bridgehead atoms. The zero-order valence-electron chi connectivity index (χ0n) is 13.9. The fourth-order valence-corrected chi connectivity index (χ4v) is 3.19. The molecule has 1 heterocycles. The Bertz CT molecular complexity index is 578. The summed E-state index contributed by atoms with van der Waals surface area (Å²) in [5.74, 6) is -2.42. The van der Waals surface area contributed by atoms with Crippen LogP contribution >= 0.6 is 0 Å². The van der Waals surface area contributed by atoms with Crippen LogP contribution in [-0.2, 0) is 14.3 Å². The fraction of sp³-hybridized carbons (Fsp3) is 0.556. The lowest BCUT2D eigenvalue weighted by molar-refractivity contribution is -0.141. The molecule has 0 aromatic heterocycles. The monoisotopic (exact) mass is 337 g/mol. The van der Waals surface area contributed by atoms with Crippen LogP contribution < -0.4 is 0 Å². The highest BCUT2D eigenvalue weighted by Crippen LogP contribution is 2.33. The number of hydrogen-bond acceptors (Lipinski definition) is 3. The molecule has 1 aromatic carbocycles. The molecule has 132 valence electrons. The Hall–Kier alpha value is -1.95. The summed E-state index contributed by atoms with van der Waals surface area (Å²) < 4.78 is 18.4. The zero-order chi connectivity index (χ0) is 17.5. The van der Waals surface area contributed by atoms with E-state index in [1.165, 1.54) is 12.1 Å². The highest BCUT2D eigenvalue weighted by Gasteiger charge is 2.40. The average molecular weight is 337 g/mol. The molecule has 0 saturated carbocycles. The van der Waals surface area contributed by atoms with Gasteiger partial charge in [-0.3, -0.25) is 9.59 Å². The lowest BCUT2D eigenvalue weighted by Crippen LogP contribution is -2.29. The van der Waals surface area contributed by atoms with E-state index in [9.17, 15) is 19.1 Å². The van der Waals surface area contributed by atoms with Gasteiger partial charge in [0.15, 0.2) is 0 Å². The summed E-state index contributed by atoms with van der Waals surface area (Å²) >= 11 is 0. The molecule has 2 atom stereocenters. The standard InChI is InChI=1S/C18H24FNO4/c1-24-9-4-2-3-8-17(21)20-11-15(16(12-20)18(22)23)13-6-5-7-14(19)10-13/h5-7,10,15-16H,2-4,8-9,11-12H2,1H3,(H,22,23)/t15-,16+/m1/s1. The Morgan fingerprint density at radius 1 is 1.29 bits per heavy atom. The van der Waals surface area contributed by atoms with Crippen molar-refractivity contribution in [3.05, 3.63) is 35.6 Å². The first-order valence-corrected chi connectivity index (χ1v) is 8.28. The molecule has 0 radical (unpaired) electrons. The highest BCUT2D eigenvalue weighted by atomic mass is 19.1. The van der Waals surface area contributed by atoms with Crippen LogP contribution in [0.15, 0.2) is 24.3 Å². The van der Waals surface area contributed by atoms with Crippen LogP contribution in [0.1, 0.15) is 37.2 Å². The molecule has 1 aliphatic rings. The third-order valence-corrected chi connectivity index (χ3v) is 4.51. The van der Waals surface area contributed by atoms with Gasteiger partial charge in [0.05, 0.1) is 5.92 Å². The number of unbranched alkanes of at least 4 members (excludes halogenated alkanes) is 2. The SMILES string of the molecule is COCCCCCC(=O)N1C[C@H](C(=O)O)[C@@H](c2cccc(F)c2)C1. The van der Waals surface area contributed by atoms with Crippen LogP contribution in [0.4, 0.5) is 4.39 Å². The lowest BCUT2D eigenvalue weighted by Gasteiger charge is -2.16. The Morgan fingerprint density at radius 2 is 2.08 bits per heavy atom. The largest absolute Gasteiger partial charge is 0.481 e. The molecule has 5 nitrogen and oxygen atoms in total. The number of rotatable bonds is 8. The van der Waals surface area contributed by atoms with E-state index in [-0.39, 0.29) is 24.2 Å². The summed E-state index contributed by atoms with van der Waals surface area (Å²) in [6.07, 6.45) is 2.99. The summed E-state index contributed by atoms with van der Waals surface area (Å²) in [7, 11) is 1.65. The molecule has 1 aliphatic heterocycles. The number of aliphatic carboxylic acids is 1. The quantitative estimate of drug-likeness (QED) is 0.741. The number of ether oxygens (including phenoxy) is 1. The van der Waals surface area contributed by atoms with E-state index in [0.29, 0.717) is 25.1 Å². The Balaban J connectivity index is 1.96. The van der Waals surface area contributed by atoms with Gasteiger partial charge in [0.2, 0.25) is 5.91 Å². The number of methoxy groups -OCH3 is 1. The number of carbonyl (C=O) groups excluding carboxylic acids is 1. The number of carboxylic acids is 1. The van der Waals surface area contributed by atoms with Crippen molar-refractivity contribution in [2.75, 3.05) is 26.8 Å². The van der Waals surface area contributed by atoms with Gasteiger partial charge in [-0.1, -0.05) is 18.6 Å². The van der Waals surface area contributed by atoms with Crippen molar-refractivity contribution in [2.45, 2.75) is 31.6 Å². The normalized spacial score (nSPS) is 20.3. The third kappa shape index (κ3) is 4.77. The summed E-state index contributed by atoms with van der Waals surface area (Å²) in [6, 6.07) is 5.99. The minimum Gasteiger partial charge on any atom is -0.481 e. The Labute approximate surface area is 141 Å². The first kappa shape index (κ1) is 18.4. The van der Waals surface area contributed by atoms with Gasteiger partial charge < -0.3 is 14.7 Å². The number of carboxylic acid groups (broad SMARTS) is 1. The molecule has 1 N–H and O–H groups in total. The number of benzene rings is 1. The number of amides is 1. The lowest BCUT2D eigenvalue weighted by atomic mass is 9.89. The van der Waals surface area contributed by atoms with Gasteiger partial charge in [0.1, 0.15) is 5.82 Å². The molecule has 0 unspecified atom stereocenters. The maximum absolute atomic E-state index is 13.4. The minimum absolute atomic E-state index is 0.0300. The van der Waals surface area contributed by atoms with Crippen LogP contribution in [0.2, 0.25) is 0 Å². The molecule has 6 heteroatoms. The van der Waals surface area contributed by atoms with Crippen LogP contribution in [0.25, 0.3) is 0 Å². The molecule has 0 aliphatic carbocycles. The summed E-state index contributed by atoms with van der Waals surface area (Å²) in [5.41, 5.74) is 0.637. The Kier molecular flexibility index (Phi) is 6.73. The van der Waals surface area contributed by atoms with Crippen molar-refractivity contribution in [3.63, 3.8) is 0 Å². The van der Waals surface area contributed by atoms with Crippen LogP contribution in [-0.4, -0.2) is 48.7 Å². The van der Waals surface area contributed by atoms with E-state index in [0.717, 1.165) is 19.3 Å². The third-order valence-electron chi connectivity index (χ3n) is 4.51. The first-order valence-electron chi connectivity index (χ1n) is 8.28. The molecule has 24 heavy (non-hydrogen) atoms. The predicted molar refractivity (Wildman–Crippen MR) is 87.2 cm³/mol. The van der Waals surface area contributed by atoms with Crippen molar-refractivity contribution in [3.8, 4) is 0 Å². The Morgan fingerprint density at radius 3 is 2.75 bits per heavy atom. The molecule has 1 amide bonds. The van der Waals surface area contributed by atoms with Gasteiger partial charge in [-0.15, -0.1) is 0 Å². The first-order chi connectivity index (χ1) is 11.5. The van der Waals surface area contributed by atoms with E-state index < -0.39 is 11.9 Å². The smallest absolute Gasteiger partial charge is 0.308 e. The maximum atomic E-state index is 13.4. The summed E-state index contributed by atoms with van der Waals surface area (Å²) in [5, 5.41) is 9.44. The maximum Gasteiger partial charge on any atom is 0.308 e. The van der Waals surface area contributed by atoms with Crippen molar-refractivity contribution < 1.29 is 23.8 Å². The second-order valence-corrected chi connectivity index (χ2v) is 6.21. The zero-order valence-corrected chi connectivity index (χ0v) is 13.9. The van der Waals surface area contributed by atoms with E-state index >= 15 is 0 Å². The minimum atomic E-state index is -0.945. The van der Waals surface area contributed by atoms with Crippen LogP contribution in [0.3, 0.4) is 0 Å². The van der Waals surface area contributed by atoms with E-state index in [1.807, 2.05) is 0 Å². The highest BCUT2D eigenvalue weighted by molar-refractivity contribution is 5.79. The number of nitrogens with zero attached hydrogens (tertiary/aromatic N) is 1. The topological polar surface area (TPSA) is 66.8 Å². The molecular weight excluding hydrogens is 313 g/mol. The van der Waals surface area contributed by atoms with Gasteiger partial charge >= 0.3 is 5.97 Å². The molecular formula is C18H24FNO4. The van der Waals surface area contributed by atoms with Gasteiger partial charge in [-0.25, -0.2) is 4.39 Å². The fourth-order valence-electron chi connectivity index (χ4n) is 3.19. The van der Waals surface area contributed by atoms with E-state index in [1.54, 1.807) is 24.1 Å². The van der Waals surface area contributed by atoms with Crippen LogP contribution in [0.5, 0.6) is 0 Å². The van der Waals surface area contributed by atoms with Gasteiger partial charge in [0, 0.05) is 39.1 Å². The number of likely N-dealkylation sites (tertiary alicyclic amines) is 1. The van der Waals surface area contributed by atoms with Gasteiger partial charge in [0.25, 0.3) is 0 Å². The second kappa shape index (κ2) is 8.78. The van der Waals surface area contributed by atoms with E-state index in [4.69, 9.17) is 4.74 Å². The van der Waals surface area contributed by atoms with Crippen molar-refractivity contribution in [1.29, 1.82) is 0 Å². The van der Waals surface area contributed by atoms with E-state index in [2.05, 4.69) is 0 Å². The molecule has 1 aromatic rings. The van der Waals surface area contributed by atoms with Crippen molar-refractivity contribution >= 4 is 11.9 Å². The molecule has 2 rings (SSSR count). The van der Waals surface area contributed by atoms with Crippen molar-refractivity contribution in [2.24, 2.45) is 5.92 Å². The number of hydrogen-bond donors (Lipinski definition) is 1. The number of carbonyl (C=O) groups is 2. The number of halogens is 1. The molecule has 1 fully saturated rings.